The minimum atomic E-state index is -0.138. The van der Waals surface area contributed by atoms with Gasteiger partial charge in [-0.05, 0) is 60.5 Å². The minimum absolute atomic E-state index is 0.0262. The lowest BCUT2D eigenvalue weighted by molar-refractivity contribution is -0.132. The number of hydrogen-bond donors (Lipinski definition) is 0. The summed E-state index contributed by atoms with van der Waals surface area (Å²) in [5.41, 5.74) is 4.25. The maximum absolute atomic E-state index is 13.5. The number of benzene rings is 3. The molecule has 0 radical (unpaired) electrons. The van der Waals surface area contributed by atoms with Gasteiger partial charge in [-0.25, -0.2) is 0 Å². The van der Waals surface area contributed by atoms with E-state index in [1.807, 2.05) is 103 Å². The summed E-state index contributed by atoms with van der Waals surface area (Å²) in [6.45, 7) is 4.71. The molecule has 1 aromatic heterocycles. The lowest BCUT2D eigenvalue weighted by atomic mass is 10.1. The van der Waals surface area contributed by atoms with E-state index in [9.17, 15) is 9.59 Å². The van der Waals surface area contributed by atoms with E-state index < -0.39 is 0 Å². The molecule has 0 atom stereocenters. The van der Waals surface area contributed by atoms with Gasteiger partial charge in [-0.2, -0.15) is 0 Å². The van der Waals surface area contributed by atoms with Crippen LogP contribution in [0.1, 0.15) is 21.5 Å². The predicted molar refractivity (Wildman–Crippen MR) is 155 cm³/mol. The van der Waals surface area contributed by atoms with E-state index in [0.29, 0.717) is 38.3 Å². The van der Waals surface area contributed by atoms with E-state index in [1.54, 1.807) is 12.0 Å². The van der Waals surface area contributed by atoms with Crippen LogP contribution in [0.4, 0.5) is 5.82 Å². The Hall–Kier alpha value is -4.72. The average Bonchev–Trinajstić information content (AvgIpc) is 3.01. The van der Waals surface area contributed by atoms with Gasteiger partial charge in [0.1, 0.15) is 12.3 Å². The normalized spacial score (nSPS) is 13.2. The van der Waals surface area contributed by atoms with Crippen molar-refractivity contribution >= 4 is 17.6 Å². The number of aryl methyl sites for hydroxylation is 1. The maximum atomic E-state index is 13.5. The highest BCUT2D eigenvalue weighted by atomic mass is 16.5. The van der Waals surface area contributed by atoms with Crippen molar-refractivity contribution in [3.8, 4) is 17.0 Å². The lowest BCUT2D eigenvalue weighted by Crippen LogP contribution is -2.52. The summed E-state index contributed by atoms with van der Waals surface area (Å²) in [6, 6.07) is 28.9. The lowest BCUT2D eigenvalue weighted by Gasteiger charge is -2.36. The summed E-state index contributed by atoms with van der Waals surface area (Å²) in [5.74, 6) is 1.38. The molecule has 5 rings (SSSR count). The SMILES string of the molecule is COc1ccc(-c2ccc(N3CCN(C(=O)CN(Cc4ccccc4)C(=O)c4ccccc4C)CC3)nn2)cc1. The van der Waals surface area contributed by atoms with Crippen LogP contribution in [0.2, 0.25) is 0 Å². The molecule has 0 aliphatic carbocycles. The van der Waals surface area contributed by atoms with Gasteiger partial charge in [0.25, 0.3) is 5.91 Å². The van der Waals surface area contributed by atoms with Gasteiger partial charge in [-0.15, -0.1) is 10.2 Å². The highest BCUT2D eigenvalue weighted by Crippen LogP contribution is 2.22. The third kappa shape index (κ3) is 6.29. The molecule has 204 valence electrons. The van der Waals surface area contributed by atoms with Gasteiger partial charge in [0.15, 0.2) is 5.82 Å². The van der Waals surface area contributed by atoms with Crippen LogP contribution in [0.5, 0.6) is 5.75 Å². The van der Waals surface area contributed by atoms with Crippen LogP contribution in [0.3, 0.4) is 0 Å². The molecular weight excluding hydrogens is 502 g/mol. The maximum Gasteiger partial charge on any atom is 0.254 e. The first kappa shape index (κ1) is 26.9. The Morgan fingerprint density at radius 2 is 1.52 bits per heavy atom. The zero-order chi connectivity index (χ0) is 27.9. The fourth-order valence-corrected chi connectivity index (χ4v) is 4.84. The molecule has 0 unspecified atom stereocenters. The van der Waals surface area contributed by atoms with Crippen LogP contribution in [0, 0.1) is 6.92 Å². The van der Waals surface area contributed by atoms with Crippen LogP contribution < -0.4 is 9.64 Å². The summed E-state index contributed by atoms with van der Waals surface area (Å²) >= 11 is 0. The number of amides is 2. The first-order chi connectivity index (χ1) is 19.5. The summed E-state index contributed by atoms with van der Waals surface area (Å²) in [7, 11) is 1.64. The van der Waals surface area contributed by atoms with Crippen molar-refractivity contribution in [3.05, 3.63) is 108 Å². The fourth-order valence-electron chi connectivity index (χ4n) is 4.84. The summed E-state index contributed by atoms with van der Waals surface area (Å²) in [5, 5.41) is 8.85. The number of carbonyl (C=O) groups is 2. The van der Waals surface area contributed by atoms with E-state index in [4.69, 9.17) is 4.74 Å². The largest absolute Gasteiger partial charge is 0.497 e. The Bertz CT molecular complexity index is 1430. The van der Waals surface area contributed by atoms with Crippen molar-refractivity contribution in [2.75, 3.05) is 44.7 Å². The molecule has 8 nitrogen and oxygen atoms in total. The van der Waals surface area contributed by atoms with E-state index in [1.165, 1.54) is 0 Å². The first-order valence-electron chi connectivity index (χ1n) is 13.4. The topological polar surface area (TPSA) is 78.9 Å². The molecular formula is C32H33N5O3. The van der Waals surface area contributed by atoms with Crippen LogP contribution in [0.15, 0.2) is 91.0 Å². The van der Waals surface area contributed by atoms with Gasteiger partial charge < -0.3 is 19.4 Å². The van der Waals surface area contributed by atoms with Crippen LogP contribution in [-0.2, 0) is 11.3 Å². The van der Waals surface area contributed by atoms with Gasteiger partial charge in [0.05, 0.1) is 12.8 Å². The monoisotopic (exact) mass is 535 g/mol. The summed E-state index contributed by atoms with van der Waals surface area (Å²) in [4.78, 5) is 32.5. The fraction of sp³-hybridized carbons (Fsp3) is 0.250. The second-order valence-electron chi connectivity index (χ2n) is 9.83. The van der Waals surface area contributed by atoms with Gasteiger partial charge in [0.2, 0.25) is 5.91 Å². The number of carbonyl (C=O) groups excluding carboxylic acids is 2. The molecule has 1 aliphatic heterocycles. The molecule has 1 fully saturated rings. The van der Waals surface area contributed by atoms with Crippen LogP contribution in [0.25, 0.3) is 11.3 Å². The molecule has 4 aromatic rings. The zero-order valence-corrected chi connectivity index (χ0v) is 22.9. The number of anilines is 1. The Labute approximate surface area is 234 Å². The first-order valence-corrected chi connectivity index (χ1v) is 13.4. The number of nitrogens with zero attached hydrogens (tertiary/aromatic N) is 5. The Balaban J connectivity index is 1.22. The van der Waals surface area contributed by atoms with Crippen molar-refractivity contribution in [3.63, 3.8) is 0 Å². The molecule has 0 N–H and O–H groups in total. The number of aromatic nitrogens is 2. The second kappa shape index (κ2) is 12.4. The highest BCUT2D eigenvalue weighted by molar-refractivity contribution is 5.97. The average molecular weight is 536 g/mol. The molecule has 0 bridgehead atoms. The minimum Gasteiger partial charge on any atom is -0.497 e. The van der Waals surface area contributed by atoms with Crippen molar-refractivity contribution in [2.24, 2.45) is 0 Å². The summed E-state index contributed by atoms with van der Waals surface area (Å²) in [6.07, 6.45) is 0. The quantitative estimate of drug-likeness (QED) is 0.332. The van der Waals surface area contributed by atoms with Crippen LogP contribution >= 0.6 is 0 Å². The van der Waals surface area contributed by atoms with Gasteiger partial charge in [-0.3, -0.25) is 9.59 Å². The molecule has 0 saturated carbocycles. The Morgan fingerprint density at radius 3 is 2.17 bits per heavy atom. The van der Waals surface area contributed by atoms with Crippen molar-refractivity contribution in [2.45, 2.75) is 13.5 Å². The Kier molecular flexibility index (Phi) is 8.35. The zero-order valence-electron chi connectivity index (χ0n) is 22.9. The molecule has 2 heterocycles. The van der Waals surface area contributed by atoms with Gasteiger partial charge in [0, 0.05) is 43.9 Å². The third-order valence-electron chi connectivity index (χ3n) is 7.20. The molecule has 1 saturated heterocycles. The van der Waals surface area contributed by atoms with Gasteiger partial charge in [-0.1, -0.05) is 48.5 Å². The van der Waals surface area contributed by atoms with E-state index >= 15 is 0 Å². The predicted octanol–water partition coefficient (Wildman–Crippen LogP) is 4.45. The molecule has 1 aliphatic rings. The van der Waals surface area contributed by atoms with E-state index in [2.05, 4.69) is 15.1 Å². The van der Waals surface area contributed by atoms with Crippen molar-refractivity contribution in [1.29, 1.82) is 0 Å². The number of rotatable bonds is 8. The second-order valence-corrected chi connectivity index (χ2v) is 9.83. The highest BCUT2D eigenvalue weighted by Gasteiger charge is 2.26. The summed E-state index contributed by atoms with van der Waals surface area (Å²) < 4.78 is 5.22. The molecule has 0 spiro atoms. The molecule has 8 heteroatoms. The standard InChI is InChI=1S/C32H33N5O3/c1-24-8-6-7-11-28(24)32(39)37(22-25-9-4-3-5-10-25)23-31(38)36-20-18-35(19-21-36)30-17-16-29(33-34-30)26-12-14-27(40-2)15-13-26/h3-17H,18-23H2,1-2H3. The number of hydrogen-bond acceptors (Lipinski definition) is 6. The number of ether oxygens (including phenoxy) is 1. The number of piperazine rings is 1. The number of methoxy groups -OCH3 is 1. The Morgan fingerprint density at radius 1 is 0.825 bits per heavy atom. The molecule has 3 aromatic carbocycles. The smallest absolute Gasteiger partial charge is 0.254 e. The van der Waals surface area contributed by atoms with Crippen LogP contribution in [-0.4, -0.2) is 71.6 Å². The molecule has 2 amide bonds. The van der Waals surface area contributed by atoms with Crippen molar-refractivity contribution in [1.82, 2.24) is 20.0 Å². The van der Waals surface area contributed by atoms with E-state index in [-0.39, 0.29) is 18.4 Å². The van der Waals surface area contributed by atoms with Gasteiger partial charge >= 0.3 is 0 Å². The molecule has 40 heavy (non-hydrogen) atoms. The van der Waals surface area contributed by atoms with E-state index in [0.717, 1.165) is 34.0 Å². The van der Waals surface area contributed by atoms with Crippen molar-refractivity contribution < 1.29 is 14.3 Å². The third-order valence-corrected chi connectivity index (χ3v) is 7.20.